The van der Waals surface area contributed by atoms with Crippen LogP contribution in [-0.4, -0.2) is 60.3 Å². The molecule has 1 aliphatic heterocycles. The van der Waals surface area contributed by atoms with Crippen LogP contribution in [0, 0.1) is 23.2 Å². The second kappa shape index (κ2) is 12.5. The predicted molar refractivity (Wildman–Crippen MR) is 175 cm³/mol. The normalized spacial score (nSPS) is 26.1. The summed E-state index contributed by atoms with van der Waals surface area (Å²) in [5.74, 6) is 4.36. The molecule has 2 heterocycles. The van der Waals surface area contributed by atoms with Crippen LogP contribution in [0.4, 0.5) is 5.82 Å². The van der Waals surface area contributed by atoms with Gasteiger partial charge >= 0.3 is 0 Å². The maximum absolute atomic E-state index is 13.0. The number of nitrogens with zero attached hydrogens (tertiary/aromatic N) is 4. The molecule has 44 heavy (non-hydrogen) atoms. The average Bonchev–Trinajstić information content (AvgIpc) is 3.04. The molecule has 3 aromatic rings. The van der Waals surface area contributed by atoms with E-state index in [-0.39, 0.29) is 5.91 Å². The van der Waals surface area contributed by atoms with Crippen LogP contribution in [-0.2, 0) is 13.0 Å². The molecule has 4 saturated carbocycles. The van der Waals surface area contributed by atoms with Crippen LogP contribution >= 0.6 is 0 Å². The number of hydrogen-bond acceptors (Lipinski definition) is 6. The molecule has 5 fully saturated rings. The van der Waals surface area contributed by atoms with Crippen LogP contribution in [0.25, 0.3) is 11.1 Å². The number of amides is 1. The lowest BCUT2D eigenvalue weighted by Gasteiger charge is -2.56. The van der Waals surface area contributed by atoms with Crippen molar-refractivity contribution in [1.29, 1.82) is 0 Å². The van der Waals surface area contributed by atoms with Crippen LogP contribution in [0.15, 0.2) is 54.6 Å². The standard InChI is InChI=1S/C37H47N5O2/c1-3-29-19-31(30-6-5-7-33(20-30)44-4-2)8-9-32(29)24-41-12-14-42(15-13-41)35-11-10-34(39-40-35)36(43)38-25-37-21-26-16-27(22-37)18-28(17-26)23-37/h5-11,19-20,26-28H,3-4,12-18,21-25H2,1-2H3,(H,38,43). The number of benzene rings is 2. The maximum atomic E-state index is 13.0. The van der Waals surface area contributed by atoms with Gasteiger partial charge in [0.15, 0.2) is 11.5 Å². The molecule has 4 bridgehead atoms. The van der Waals surface area contributed by atoms with E-state index in [2.05, 4.69) is 68.6 Å². The molecule has 1 saturated heterocycles. The van der Waals surface area contributed by atoms with Gasteiger partial charge in [-0.25, -0.2) is 0 Å². The zero-order valence-corrected chi connectivity index (χ0v) is 26.4. The number of aryl methyl sites for hydroxylation is 1. The molecule has 4 aliphatic carbocycles. The molecule has 0 spiro atoms. The third kappa shape index (κ3) is 6.21. The minimum Gasteiger partial charge on any atom is -0.494 e. The summed E-state index contributed by atoms with van der Waals surface area (Å²) in [6.07, 6.45) is 9.16. The Morgan fingerprint density at radius 3 is 2.25 bits per heavy atom. The second-order valence-electron chi connectivity index (χ2n) is 13.9. The molecular formula is C37H47N5O2. The van der Waals surface area contributed by atoms with E-state index in [4.69, 9.17) is 4.74 Å². The summed E-state index contributed by atoms with van der Waals surface area (Å²) in [5, 5.41) is 12.1. The van der Waals surface area contributed by atoms with Gasteiger partial charge in [0.2, 0.25) is 0 Å². The van der Waals surface area contributed by atoms with E-state index in [0.29, 0.717) is 17.7 Å². The van der Waals surface area contributed by atoms with Gasteiger partial charge in [-0.15, -0.1) is 10.2 Å². The van der Waals surface area contributed by atoms with Gasteiger partial charge in [-0.05, 0) is 122 Å². The molecule has 1 N–H and O–H groups in total. The van der Waals surface area contributed by atoms with E-state index in [9.17, 15) is 4.79 Å². The van der Waals surface area contributed by atoms with Crippen molar-refractivity contribution < 1.29 is 9.53 Å². The summed E-state index contributed by atoms with van der Waals surface area (Å²) in [4.78, 5) is 17.8. The molecule has 5 aliphatic rings. The number of hydrogen-bond donors (Lipinski definition) is 1. The molecule has 7 heteroatoms. The quantitative estimate of drug-likeness (QED) is 0.295. The largest absolute Gasteiger partial charge is 0.494 e. The highest BCUT2D eigenvalue weighted by molar-refractivity contribution is 5.92. The molecule has 1 aromatic heterocycles. The molecule has 232 valence electrons. The lowest BCUT2D eigenvalue weighted by Crippen LogP contribution is -2.51. The van der Waals surface area contributed by atoms with Crippen molar-refractivity contribution in [3.8, 4) is 16.9 Å². The van der Waals surface area contributed by atoms with E-state index in [0.717, 1.165) is 75.0 Å². The highest BCUT2D eigenvalue weighted by atomic mass is 16.5. The van der Waals surface area contributed by atoms with Crippen LogP contribution in [0.1, 0.15) is 74.0 Å². The molecule has 0 unspecified atom stereocenters. The molecular weight excluding hydrogens is 546 g/mol. The Labute approximate surface area is 262 Å². The van der Waals surface area contributed by atoms with Gasteiger partial charge in [-0.3, -0.25) is 9.69 Å². The number of carbonyl (C=O) groups is 1. The number of piperazine rings is 1. The first kappa shape index (κ1) is 29.3. The Morgan fingerprint density at radius 2 is 1.59 bits per heavy atom. The second-order valence-corrected chi connectivity index (χ2v) is 13.9. The Bertz CT molecular complexity index is 1430. The fraction of sp³-hybridized carbons (Fsp3) is 0.541. The van der Waals surface area contributed by atoms with Crippen molar-refractivity contribution >= 4 is 11.7 Å². The van der Waals surface area contributed by atoms with Gasteiger partial charge in [0, 0.05) is 39.3 Å². The van der Waals surface area contributed by atoms with Gasteiger partial charge in [0.05, 0.1) is 6.61 Å². The van der Waals surface area contributed by atoms with Gasteiger partial charge in [-0.1, -0.05) is 37.3 Å². The van der Waals surface area contributed by atoms with Crippen LogP contribution in [0.5, 0.6) is 5.75 Å². The fourth-order valence-electron chi connectivity index (χ4n) is 9.08. The van der Waals surface area contributed by atoms with E-state index in [1.54, 1.807) is 0 Å². The smallest absolute Gasteiger partial charge is 0.271 e. The molecule has 0 radical (unpaired) electrons. The summed E-state index contributed by atoms with van der Waals surface area (Å²) in [6.45, 7) is 10.4. The molecule has 0 atom stereocenters. The minimum absolute atomic E-state index is 0.0793. The van der Waals surface area contributed by atoms with Crippen molar-refractivity contribution in [3.63, 3.8) is 0 Å². The third-order valence-electron chi connectivity index (χ3n) is 10.8. The fourth-order valence-corrected chi connectivity index (χ4v) is 9.08. The Morgan fingerprint density at radius 1 is 0.864 bits per heavy atom. The number of aromatic nitrogens is 2. The van der Waals surface area contributed by atoms with Crippen molar-refractivity contribution in [3.05, 3.63) is 71.4 Å². The number of rotatable bonds is 10. The SMILES string of the molecule is CCOc1cccc(-c2ccc(CN3CCN(c4ccc(C(=O)NCC56CC7CC(CC(C7)C5)C6)nn4)CC3)c(CC)c2)c1. The van der Waals surface area contributed by atoms with Crippen molar-refractivity contribution in [2.45, 2.75) is 65.3 Å². The van der Waals surface area contributed by atoms with Gasteiger partial charge < -0.3 is 15.0 Å². The number of ether oxygens (including phenoxy) is 1. The summed E-state index contributed by atoms with van der Waals surface area (Å²) < 4.78 is 5.72. The van der Waals surface area contributed by atoms with E-state index in [1.165, 1.54) is 60.8 Å². The van der Waals surface area contributed by atoms with Gasteiger partial charge in [-0.2, -0.15) is 0 Å². The summed E-state index contributed by atoms with van der Waals surface area (Å²) >= 11 is 0. The third-order valence-corrected chi connectivity index (χ3v) is 10.8. The molecule has 8 rings (SSSR count). The molecule has 2 aromatic carbocycles. The molecule has 1 amide bonds. The monoisotopic (exact) mass is 593 g/mol. The van der Waals surface area contributed by atoms with Gasteiger partial charge in [0.25, 0.3) is 5.91 Å². The molecule has 7 nitrogen and oxygen atoms in total. The number of anilines is 1. The lowest BCUT2D eigenvalue weighted by atomic mass is 9.49. The van der Waals surface area contributed by atoms with Gasteiger partial charge in [0.1, 0.15) is 5.75 Å². The van der Waals surface area contributed by atoms with E-state index in [1.807, 2.05) is 25.1 Å². The van der Waals surface area contributed by atoms with E-state index < -0.39 is 0 Å². The number of carbonyl (C=O) groups excluding carboxylic acids is 1. The summed E-state index contributed by atoms with van der Waals surface area (Å²) in [5.41, 5.74) is 5.98. The summed E-state index contributed by atoms with van der Waals surface area (Å²) in [6, 6.07) is 19.1. The topological polar surface area (TPSA) is 70.6 Å². The Balaban J connectivity index is 0.914. The summed E-state index contributed by atoms with van der Waals surface area (Å²) in [7, 11) is 0. The number of nitrogens with one attached hydrogen (secondary N) is 1. The predicted octanol–water partition coefficient (Wildman–Crippen LogP) is 6.37. The first-order valence-corrected chi connectivity index (χ1v) is 16.9. The first-order valence-electron chi connectivity index (χ1n) is 16.9. The van der Waals surface area contributed by atoms with Crippen molar-refractivity contribution in [2.24, 2.45) is 23.2 Å². The minimum atomic E-state index is -0.0793. The van der Waals surface area contributed by atoms with Crippen LogP contribution in [0.2, 0.25) is 0 Å². The lowest BCUT2D eigenvalue weighted by molar-refractivity contribution is -0.0503. The zero-order valence-electron chi connectivity index (χ0n) is 26.4. The van der Waals surface area contributed by atoms with Crippen LogP contribution in [0.3, 0.4) is 0 Å². The van der Waals surface area contributed by atoms with E-state index >= 15 is 0 Å². The average molecular weight is 594 g/mol. The van der Waals surface area contributed by atoms with Crippen molar-refractivity contribution in [1.82, 2.24) is 20.4 Å². The Kier molecular flexibility index (Phi) is 8.32. The highest BCUT2D eigenvalue weighted by Crippen LogP contribution is 2.59. The van der Waals surface area contributed by atoms with Crippen LogP contribution < -0.4 is 15.0 Å². The zero-order chi connectivity index (χ0) is 30.1. The first-order chi connectivity index (χ1) is 21.5. The van der Waals surface area contributed by atoms with Crippen molar-refractivity contribution in [2.75, 3.05) is 44.2 Å². The Hall–Kier alpha value is -3.45. The highest BCUT2D eigenvalue weighted by Gasteiger charge is 2.50. The maximum Gasteiger partial charge on any atom is 0.271 e.